The van der Waals surface area contributed by atoms with Crippen molar-refractivity contribution in [1.82, 2.24) is 9.38 Å². The smallest absolute Gasteiger partial charge is 0.355 e. The first kappa shape index (κ1) is 13.9. The standard InChI is InChI=1S/C14H17ClN2O2/c1-14(2,3)8-11-16-12(15)9-6-5-7-10(17(9)11)13(18)19-4/h5-7H,8H2,1-4H3. The first-order chi connectivity index (χ1) is 8.83. The van der Waals surface area contributed by atoms with Gasteiger partial charge in [0.25, 0.3) is 0 Å². The number of ether oxygens (including phenoxy) is 1. The zero-order chi connectivity index (χ0) is 14.2. The van der Waals surface area contributed by atoms with Gasteiger partial charge < -0.3 is 4.74 Å². The van der Waals surface area contributed by atoms with Gasteiger partial charge in [-0.1, -0.05) is 38.4 Å². The number of imidazole rings is 1. The molecule has 0 N–H and O–H groups in total. The van der Waals surface area contributed by atoms with Crippen LogP contribution < -0.4 is 0 Å². The minimum Gasteiger partial charge on any atom is -0.464 e. The Morgan fingerprint density at radius 1 is 1.42 bits per heavy atom. The highest BCUT2D eigenvalue weighted by molar-refractivity contribution is 6.32. The van der Waals surface area contributed by atoms with Crippen molar-refractivity contribution < 1.29 is 9.53 Å². The molecule has 0 aromatic carbocycles. The summed E-state index contributed by atoms with van der Waals surface area (Å²) in [6.45, 7) is 6.34. The van der Waals surface area contributed by atoms with Crippen LogP contribution in [-0.4, -0.2) is 22.5 Å². The Kier molecular flexibility index (Phi) is 3.54. The molecular weight excluding hydrogens is 264 g/mol. The van der Waals surface area contributed by atoms with Crippen LogP contribution in [0.3, 0.4) is 0 Å². The van der Waals surface area contributed by atoms with Gasteiger partial charge in [0.2, 0.25) is 0 Å². The van der Waals surface area contributed by atoms with Crippen LogP contribution in [0.2, 0.25) is 5.15 Å². The number of esters is 1. The molecule has 102 valence electrons. The van der Waals surface area contributed by atoms with E-state index in [2.05, 4.69) is 25.8 Å². The third-order valence-corrected chi connectivity index (χ3v) is 3.05. The highest BCUT2D eigenvalue weighted by Crippen LogP contribution is 2.26. The van der Waals surface area contributed by atoms with E-state index in [0.29, 0.717) is 10.8 Å². The highest BCUT2D eigenvalue weighted by atomic mass is 35.5. The number of aromatic nitrogens is 2. The van der Waals surface area contributed by atoms with Gasteiger partial charge in [0.15, 0.2) is 5.15 Å². The molecule has 2 rings (SSSR count). The maximum atomic E-state index is 11.8. The van der Waals surface area contributed by atoms with E-state index in [0.717, 1.165) is 17.8 Å². The minimum atomic E-state index is -0.394. The second kappa shape index (κ2) is 4.85. The van der Waals surface area contributed by atoms with Gasteiger partial charge in [0, 0.05) is 6.42 Å². The maximum absolute atomic E-state index is 11.8. The molecule has 0 saturated carbocycles. The van der Waals surface area contributed by atoms with Gasteiger partial charge in [-0.3, -0.25) is 4.40 Å². The summed E-state index contributed by atoms with van der Waals surface area (Å²) in [6.07, 6.45) is 0.717. The summed E-state index contributed by atoms with van der Waals surface area (Å²) in [5.74, 6) is 0.378. The number of hydrogen-bond donors (Lipinski definition) is 0. The zero-order valence-electron chi connectivity index (χ0n) is 11.5. The van der Waals surface area contributed by atoms with E-state index in [1.165, 1.54) is 7.11 Å². The van der Waals surface area contributed by atoms with Crippen molar-refractivity contribution in [2.24, 2.45) is 5.41 Å². The average Bonchev–Trinajstić information content (AvgIpc) is 2.63. The molecule has 0 saturated heterocycles. The first-order valence-corrected chi connectivity index (χ1v) is 6.45. The minimum absolute atomic E-state index is 0.0494. The second-order valence-electron chi connectivity index (χ2n) is 5.68. The van der Waals surface area contributed by atoms with E-state index in [1.807, 2.05) is 6.07 Å². The van der Waals surface area contributed by atoms with E-state index >= 15 is 0 Å². The maximum Gasteiger partial charge on any atom is 0.355 e. The third kappa shape index (κ3) is 2.73. The van der Waals surface area contributed by atoms with Crippen LogP contribution in [0.1, 0.15) is 37.1 Å². The van der Waals surface area contributed by atoms with Gasteiger partial charge in [0.1, 0.15) is 11.5 Å². The van der Waals surface area contributed by atoms with Crippen LogP contribution in [0.15, 0.2) is 18.2 Å². The molecule has 2 heterocycles. The molecule has 0 radical (unpaired) electrons. The lowest BCUT2D eigenvalue weighted by atomic mass is 9.92. The molecule has 0 atom stereocenters. The van der Waals surface area contributed by atoms with Crippen molar-refractivity contribution in [3.05, 3.63) is 34.9 Å². The number of carbonyl (C=O) groups excluding carboxylic acids is 1. The summed E-state index contributed by atoms with van der Waals surface area (Å²) >= 11 is 6.14. The molecule has 0 fully saturated rings. The van der Waals surface area contributed by atoms with Crippen LogP contribution >= 0.6 is 11.6 Å². The molecule has 0 aliphatic carbocycles. The number of fused-ring (bicyclic) bond motifs is 1. The summed E-state index contributed by atoms with van der Waals surface area (Å²) < 4.78 is 6.59. The molecule has 2 aromatic rings. The zero-order valence-corrected chi connectivity index (χ0v) is 12.3. The molecule has 0 aliphatic heterocycles. The molecule has 2 aromatic heterocycles. The molecule has 0 unspecified atom stereocenters. The topological polar surface area (TPSA) is 43.6 Å². The van der Waals surface area contributed by atoms with Crippen LogP contribution in [0.5, 0.6) is 0 Å². The number of pyridine rings is 1. The monoisotopic (exact) mass is 280 g/mol. The molecule has 0 aliphatic rings. The number of hydrogen-bond acceptors (Lipinski definition) is 3. The fourth-order valence-electron chi connectivity index (χ4n) is 2.03. The van der Waals surface area contributed by atoms with E-state index < -0.39 is 5.97 Å². The summed E-state index contributed by atoms with van der Waals surface area (Å²) in [5.41, 5.74) is 1.22. The van der Waals surface area contributed by atoms with Gasteiger partial charge in [0.05, 0.1) is 12.6 Å². The van der Waals surface area contributed by atoms with Gasteiger partial charge in [-0.25, -0.2) is 9.78 Å². The van der Waals surface area contributed by atoms with Crippen molar-refractivity contribution in [1.29, 1.82) is 0 Å². The van der Waals surface area contributed by atoms with Crippen molar-refractivity contribution in [2.75, 3.05) is 7.11 Å². The van der Waals surface area contributed by atoms with Crippen molar-refractivity contribution >= 4 is 23.1 Å². The Labute approximate surface area is 117 Å². The molecule has 19 heavy (non-hydrogen) atoms. The Morgan fingerprint density at radius 3 is 2.68 bits per heavy atom. The van der Waals surface area contributed by atoms with Crippen LogP contribution in [0.4, 0.5) is 0 Å². The van der Waals surface area contributed by atoms with Crippen molar-refractivity contribution in [2.45, 2.75) is 27.2 Å². The average molecular weight is 281 g/mol. The van der Waals surface area contributed by atoms with Crippen LogP contribution in [0, 0.1) is 5.41 Å². The fourth-order valence-corrected chi connectivity index (χ4v) is 2.27. The molecular formula is C14H17ClN2O2. The van der Waals surface area contributed by atoms with E-state index in [9.17, 15) is 4.79 Å². The highest BCUT2D eigenvalue weighted by Gasteiger charge is 2.21. The predicted molar refractivity (Wildman–Crippen MR) is 74.7 cm³/mol. The van der Waals surface area contributed by atoms with Gasteiger partial charge >= 0.3 is 5.97 Å². The fraction of sp³-hybridized carbons (Fsp3) is 0.429. The van der Waals surface area contributed by atoms with Gasteiger partial charge in [-0.2, -0.15) is 0 Å². The van der Waals surface area contributed by atoms with Gasteiger partial charge in [-0.15, -0.1) is 0 Å². The summed E-state index contributed by atoms with van der Waals surface area (Å²) in [6, 6.07) is 5.33. The summed E-state index contributed by atoms with van der Waals surface area (Å²) in [7, 11) is 1.36. The van der Waals surface area contributed by atoms with Crippen LogP contribution in [-0.2, 0) is 11.2 Å². The number of rotatable bonds is 2. The Bertz CT molecular complexity index is 626. The molecule has 0 amide bonds. The SMILES string of the molecule is COC(=O)c1cccc2c(Cl)nc(CC(C)(C)C)n12. The second-order valence-corrected chi connectivity index (χ2v) is 6.04. The largest absolute Gasteiger partial charge is 0.464 e. The van der Waals surface area contributed by atoms with Crippen molar-refractivity contribution in [3.8, 4) is 0 Å². The first-order valence-electron chi connectivity index (χ1n) is 6.07. The number of halogens is 1. The lowest BCUT2D eigenvalue weighted by Gasteiger charge is -2.17. The normalized spacial score (nSPS) is 11.8. The summed E-state index contributed by atoms with van der Waals surface area (Å²) in [4.78, 5) is 16.2. The Morgan fingerprint density at radius 2 is 2.11 bits per heavy atom. The molecule has 5 heteroatoms. The van der Waals surface area contributed by atoms with Gasteiger partial charge in [-0.05, 0) is 17.5 Å². The van der Waals surface area contributed by atoms with E-state index in [4.69, 9.17) is 16.3 Å². The number of methoxy groups -OCH3 is 1. The van der Waals surface area contributed by atoms with E-state index in [1.54, 1.807) is 16.5 Å². The Hall–Kier alpha value is -1.55. The molecule has 0 spiro atoms. The van der Waals surface area contributed by atoms with E-state index in [-0.39, 0.29) is 5.41 Å². The summed E-state index contributed by atoms with van der Waals surface area (Å²) in [5, 5.41) is 0.407. The molecule has 0 bridgehead atoms. The lowest BCUT2D eigenvalue weighted by Crippen LogP contribution is -2.15. The third-order valence-electron chi connectivity index (χ3n) is 2.77. The predicted octanol–water partition coefficient (Wildman–Crippen LogP) is 3.36. The number of nitrogens with zero attached hydrogens (tertiary/aromatic N) is 2. The number of carbonyl (C=O) groups is 1. The quantitative estimate of drug-likeness (QED) is 0.792. The van der Waals surface area contributed by atoms with Crippen LogP contribution in [0.25, 0.3) is 5.52 Å². The lowest BCUT2D eigenvalue weighted by molar-refractivity contribution is 0.0591. The Balaban J connectivity index is 2.68. The molecule has 4 nitrogen and oxygen atoms in total. The van der Waals surface area contributed by atoms with Crippen molar-refractivity contribution in [3.63, 3.8) is 0 Å².